The summed E-state index contributed by atoms with van der Waals surface area (Å²) in [6.45, 7) is 6.66. The molecule has 0 heterocycles. The molecule has 17 heavy (non-hydrogen) atoms. The Morgan fingerprint density at radius 1 is 1.24 bits per heavy atom. The van der Waals surface area contributed by atoms with Crippen LogP contribution in [-0.4, -0.2) is 18.0 Å². The lowest BCUT2D eigenvalue weighted by Crippen LogP contribution is -2.29. The SMILES string of the molecule is CC(=O)O[C@@H](C)C(=O)Nc1c(C)cccc1C. The van der Waals surface area contributed by atoms with Crippen LogP contribution in [0.1, 0.15) is 25.0 Å². The van der Waals surface area contributed by atoms with Crippen LogP contribution in [0.4, 0.5) is 5.69 Å². The summed E-state index contributed by atoms with van der Waals surface area (Å²) in [7, 11) is 0. The summed E-state index contributed by atoms with van der Waals surface area (Å²) in [5.41, 5.74) is 2.73. The first-order chi connectivity index (χ1) is 7.91. The number of hydrogen-bond acceptors (Lipinski definition) is 3. The second-order valence-electron chi connectivity index (χ2n) is 4.01. The van der Waals surface area contributed by atoms with E-state index in [-0.39, 0.29) is 5.91 Å². The average molecular weight is 235 g/mol. The van der Waals surface area contributed by atoms with Gasteiger partial charge in [-0.1, -0.05) is 18.2 Å². The molecule has 0 spiro atoms. The summed E-state index contributed by atoms with van der Waals surface area (Å²) in [6, 6.07) is 5.76. The highest BCUT2D eigenvalue weighted by molar-refractivity contribution is 5.96. The van der Waals surface area contributed by atoms with Crippen molar-refractivity contribution in [1.29, 1.82) is 0 Å². The molecule has 1 N–H and O–H groups in total. The molecule has 0 radical (unpaired) electrons. The zero-order chi connectivity index (χ0) is 13.0. The zero-order valence-corrected chi connectivity index (χ0v) is 10.5. The molecule has 4 heteroatoms. The van der Waals surface area contributed by atoms with E-state index < -0.39 is 12.1 Å². The summed E-state index contributed by atoms with van der Waals surface area (Å²) in [5, 5.41) is 2.77. The molecule has 1 aromatic rings. The number of amides is 1. The molecule has 0 saturated heterocycles. The van der Waals surface area contributed by atoms with Crippen molar-refractivity contribution in [3.05, 3.63) is 29.3 Å². The van der Waals surface area contributed by atoms with E-state index in [2.05, 4.69) is 5.32 Å². The number of anilines is 1. The number of aryl methyl sites for hydroxylation is 2. The quantitative estimate of drug-likeness (QED) is 0.817. The lowest BCUT2D eigenvalue weighted by atomic mass is 10.1. The van der Waals surface area contributed by atoms with Crippen LogP contribution in [0, 0.1) is 13.8 Å². The fourth-order valence-corrected chi connectivity index (χ4v) is 1.54. The Morgan fingerprint density at radius 2 is 1.76 bits per heavy atom. The van der Waals surface area contributed by atoms with E-state index in [9.17, 15) is 9.59 Å². The smallest absolute Gasteiger partial charge is 0.303 e. The molecule has 1 amide bonds. The number of carbonyl (C=O) groups is 2. The first-order valence-electron chi connectivity index (χ1n) is 5.46. The van der Waals surface area contributed by atoms with Crippen LogP contribution in [0.2, 0.25) is 0 Å². The number of carbonyl (C=O) groups excluding carboxylic acids is 2. The molecular formula is C13H17NO3. The Kier molecular flexibility index (Phi) is 4.26. The molecule has 0 aromatic heterocycles. The van der Waals surface area contributed by atoms with Crippen molar-refractivity contribution in [3.8, 4) is 0 Å². The maximum atomic E-state index is 11.8. The maximum Gasteiger partial charge on any atom is 0.303 e. The van der Waals surface area contributed by atoms with Crippen LogP contribution in [0.5, 0.6) is 0 Å². The Bertz CT molecular complexity index is 420. The number of nitrogens with one attached hydrogen (secondary N) is 1. The molecule has 92 valence electrons. The minimum absolute atomic E-state index is 0.322. The molecule has 0 saturated carbocycles. The minimum atomic E-state index is -0.786. The molecule has 0 fully saturated rings. The summed E-state index contributed by atoms with van der Waals surface area (Å²) in [4.78, 5) is 22.5. The van der Waals surface area contributed by atoms with E-state index in [0.29, 0.717) is 0 Å². The lowest BCUT2D eigenvalue weighted by Gasteiger charge is -2.15. The Labute approximate surface area is 101 Å². The highest BCUT2D eigenvalue weighted by atomic mass is 16.5. The van der Waals surface area contributed by atoms with Gasteiger partial charge in [0, 0.05) is 12.6 Å². The summed E-state index contributed by atoms with van der Waals surface area (Å²) >= 11 is 0. The van der Waals surface area contributed by atoms with Gasteiger partial charge >= 0.3 is 5.97 Å². The van der Waals surface area contributed by atoms with Gasteiger partial charge in [-0.3, -0.25) is 9.59 Å². The van der Waals surface area contributed by atoms with Gasteiger partial charge in [-0.2, -0.15) is 0 Å². The van der Waals surface area contributed by atoms with E-state index in [1.165, 1.54) is 6.92 Å². The predicted molar refractivity (Wildman–Crippen MR) is 65.8 cm³/mol. The standard InChI is InChI=1S/C13H17NO3/c1-8-6-5-7-9(2)12(8)14-13(16)10(3)17-11(4)15/h5-7,10H,1-4H3,(H,14,16)/t10-/m0/s1. The average Bonchev–Trinajstić information content (AvgIpc) is 2.22. The van der Waals surface area contributed by atoms with Gasteiger partial charge in [0.1, 0.15) is 0 Å². The van der Waals surface area contributed by atoms with Gasteiger partial charge in [0.2, 0.25) is 0 Å². The number of rotatable bonds is 3. The molecule has 0 aliphatic carbocycles. The van der Waals surface area contributed by atoms with Crippen molar-refractivity contribution in [3.63, 3.8) is 0 Å². The molecule has 1 aromatic carbocycles. The molecule has 0 unspecified atom stereocenters. The predicted octanol–water partition coefficient (Wildman–Crippen LogP) is 2.19. The highest BCUT2D eigenvalue weighted by Gasteiger charge is 2.17. The van der Waals surface area contributed by atoms with Crippen LogP contribution in [-0.2, 0) is 14.3 Å². The summed E-state index contributed by atoms with van der Waals surface area (Å²) in [6.07, 6.45) is -0.786. The number of esters is 1. The molecule has 0 aliphatic heterocycles. The van der Waals surface area contributed by atoms with Gasteiger partial charge in [-0.25, -0.2) is 0 Å². The first-order valence-corrected chi connectivity index (χ1v) is 5.46. The first kappa shape index (κ1) is 13.2. The van der Waals surface area contributed by atoms with Crippen LogP contribution >= 0.6 is 0 Å². The molecule has 0 aliphatic rings. The van der Waals surface area contributed by atoms with E-state index in [4.69, 9.17) is 4.74 Å². The van der Waals surface area contributed by atoms with Gasteiger partial charge in [-0.15, -0.1) is 0 Å². The number of para-hydroxylation sites is 1. The van der Waals surface area contributed by atoms with E-state index in [1.807, 2.05) is 32.0 Å². The summed E-state index contributed by atoms with van der Waals surface area (Å²) < 4.78 is 4.81. The van der Waals surface area contributed by atoms with Gasteiger partial charge in [0.25, 0.3) is 5.91 Å². The Hall–Kier alpha value is -1.84. The van der Waals surface area contributed by atoms with E-state index >= 15 is 0 Å². The molecule has 0 bridgehead atoms. The molecule has 1 atom stereocenters. The van der Waals surface area contributed by atoms with Crippen molar-refractivity contribution in [2.45, 2.75) is 33.8 Å². The number of benzene rings is 1. The van der Waals surface area contributed by atoms with Crippen LogP contribution in [0.3, 0.4) is 0 Å². The van der Waals surface area contributed by atoms with Crippen molar-refractivity contribution in [2.24, 2.45) is 0 Å². The number of hydrogen-bond donors (Lipinski definition) is 1. The van der Waals surface area contributed by atoms with Gasteiger partial charge < -0.3 is 10.1 Å². The normalized spacial score (nSPS) is 11.8. The number of ether oxygens (including phenoxy) is 1. The third-order valence-electron chi connectivity index (χ3n) is 2.44. The molecule has 1 rings (SSSR count). The fourth-order valence-electron chi connectivity index (χ4n) is 1.54. The monoisotopic (exact) mass is 235 g/mol. The van der Waals surface area contributed by atoms with Crippen molar-refractivity contribution in [2.75, 3.05) is 5.32 Å². The van der Waals surface area contributed by atoms with Crippen LogP contribution in [0.15, 0.2) is 18.2 Å². The highest BCUT2D eigenvalue weighted by Crippen LogP contribution is 2.19. The minimum Gasteiger partial charge on any atom is -0.453 e. The van der Waals surface area contributed by atoms with Crippen molar-refractivity contribution >= 4 is 17.6 Å². The molecular weight excluding hydrogens is 218 g/mol. The van der Waals surface area contributed by atoms with Crippen LogP contribution in [0.25, 0.3) is 0 Å². The Morgan fingerprint density at radius 3 is 2.24 bits per heavy atom. The van der Waals surface area contributed by atoms with Gasteiger partial charge in [-0.05, 0) is 31.9 Å². The fraction of sp³-hybridized carbons (Fsp3) is 0.385. The van der Waals surface area contributed by atoms with Crippen LogP contribution < -0.4 is 5.32 Å². The van der Waals surface area contributed by atoms with E-state index in [1.54, 1.807) is 6.92 Å². The maximum absolute atomic E-state index is 11.8. The lowest BCUT2D eigenvalue weighted by molar-refractivity contribution is -0.150. The van der Waals surface area contributed by atoms with Crippen molar-refractivity contribution in [1.82, 2.24) is 0 Å². The van der Waals surface area contributed by atoms with Crippen molar-refractivity contribution < 1.29 is 14.3 Å². The second kappa shape index (κ2) is 5.48. The van der Waals surface area contributed by atoms with Gasteiger partial charge in [0.05, 0.1) is 0 Å². The second-order valence-corrected chi connectivity index (χ2v) is 4.01. The third kappa shape index (κ3) is 3.59. The topological polar surface area (TPSA) is 55.4 Å². The van der Waals surface area contributed by atoms with Gasteiger partial charge in [0.15, 0.2) is 6.10 Å². The zero-order valence-electron chi connectivity index (χ0n) is 10.5. The largest absolute Gasteiger partial charge is 0.453 e. The Balaban J connectivity index is 2.78. The molecule has 4 nitrogen and oxygen atoms in total. The summed E-state index contributed by atoms with van der Waals surface area (Å²) in [5.74, 6) is -0.785. The third-order valence-corrected chi connectivity index (χ3v) is 2.44. The van der Waals surface area contributed by atoms with E-state index in [0.717, 1.165) is 16.8 Å².